The van der Waals surface area contributed by atoms with Crippen LogP contribution >= 0.6 is 0 Å². The van der Waals surface area contributed by atoms with Crippen molar-refractivity contribution in [1.82, 2.24) is 0 Å². The van der Waals surface area contributed by atoms with Crippen LogP contribution in [0.4, 0.5) is 0 Å². The minimum absolute atomic E-state index is 0.0748. The van der Waals surface area contributed by atoms with Gasteiger partial charge in [-0.05, 0) is 11.5 Å². The topological polar surface area (TPSA) is 114 Å². The van der Waals surface area contributed by atoms with Crippen molar-refractivity contribution in [1.29, 1.82) is 0 Å². The molecule has 1 aromatic rings. The number of esters is 4. The highest BCUT2D eigenvalue weighted by atomic mass is 16.8. The van der Waals surface area contributed by atoms with Crippen molar-refractivity contribution in [2.24, 2.45) is 17.8 Å². The fourth-order valence-electron chi connectivity index (χ4n) is 4.81. The summed E-state index contributed by atoms with van der Waals surface area (Å²) < 4.78 is 26.5. The molecule has 2 aliphatic rings. The molecule has 9 nitrogen and oxygen atoms in total. The van der Waals surface area contributed by atoms with Gasteiger partial charge in [-0.1, -0.05) is 44.2 Å². The SMILES string of the molecule is COC(=O)C1C(=O)O[C@@]2(CC(C)C)OC(C(=O)OC)(C(=O)OC)C(c3ccccc3)[C@@H]12. The molecule has 31 heavy (non-hydrogen) atoms. The molecule has 0 spiro atoms. The van der Waals surface area contributed by atoms with E-state index in [1.807, 2.05) is 13.8 Å². The molecule has 2 fully saturated rings. The van der Waals surface area contributed by atoms with Gasteiger partial charge in [-0.25, -0.2) is 9.59 Å². The average molecular weight is 434 g/mol. The predicted octanol–water partition coefficient (Wildman–Crippen LogP) is 1.59. The zero-order chi connectivity index (χ0) is 23.0. The van der Waals surface area contributed by atoms with Crippen LogP contribution < -0.4 is 0 Å². The van der Waals surface area contributed by atoms with Gasteiger partial charge in [-0.2, -0.15) is 0 Å². The van der Waals surface area contributed by atoms with E-state index in [2.05, 4.69) is 0 Å². The number of ether oxygens (including phenoxy) is 5. The number of hydrogen-bond acceptors (Lipinski definition) is 9. The van der Waals surface area contributed by atoms with Gasteiger partial charge in [0.25, 0.3) is 5.60 Å². The highest BCUT2D eigenvalue weighted by Gasteiger charge is 2.78. The van der Waals surface area contributed by atoms with E-state index < -0.39 is 53.0 Å². The monoisotopic (exact) mass is 434 g/mol. The molecule has 0 bridgehead atoms. The van der Waals surface area contributed by atoms with E-state index in [1.54, 1.807) is 30.3 Å². The number of methoxy groups -OCH3 is 3. The van der Waals surface area contributed by atoms with Gasteiger partial charge in [-0.15, -0.1) is 0 Å². The van der Waals surface area contributed by atoms with Gasteiger partial charge in [0.05, 0.1) is 27.2 Å². The van der Waals surface area contributed by atoms with Crippen LogP contribution in [0, 0.1) is 17.8 Å². The molecule has 1 aromatic carbocycles. The second-order valence-electron chi connectivity index (χ2n) is 8.07. The van der Waals surface area contributed by atoms with Crippen molar-refractivity contribution in [2.45, 2.75) is 37.6 Å². The normalized spacial score (nSPS) is 28.6. The second kappa shape index (κ2) is 8.30. The highest BCUT2D eigenvalue weighted by Crippen LogP contribution is 2.61. The summed E-state index contributed by atoms with van der Waals surface area (Å²) >= 11 is 0. The van der Waals surface area contributed by atoms with Gasteiger partial charge in [0.1, 0.15) is 0 Å². The number of carbonyl (C=O) groups is 4. The average Bonchev–Trinajstić information content (AvgIpc) is 3.18. The van der Waals surface area contributed by atoms with Crippen molar-refractivity contribution in [3.05, 3.63) is 35.9 Å². The van der Waals surface area contributed by atoms with Crippen molar-refractivity contribution in [3.8, 4) is 0 Å². The maximum Gasteiger partial charge on any atom is 0.350 e. The van der Waals surface area contributed by atoms with Gasteiger partial charge < -0.3 is 23.7 Å². The Hall–Kier alpha value is -2.94. The van der Waals surface area contributed by atoms with Crippen LogP contribution in [0.15, 0.2) is 30.3 Å². The molecule has 0 amide bonds. The number of rotatable bonds is 6. The number of fused-ring (bicyclic) bond motifs is 1. The lowest BCUT2D eigenvalue weighted by Gasteiger charge is -2.32. The lowest BCUT2D eigenvalue weighted by molar-refractivity contribution is -0.249. The molecule has 168 valence electrons. The lowest BCUT2D eigenvalue weighted by Crippen LogP contribution is -2.54. The smallest absolute Gasteiger partial charge is 0.350 e. The Labute approximate surface area is 179 Å². The summed E-state index contributed by atoms with van der Waals surface area (Å²) in [6.45, 7) is 3.73. The lowest BCUT2D eigenvalue weighted by atomic mass is 9.69. The predicted molar refractivity (Wildman–Crippen MR) is 104 cm³/mol. The van der Waals surface area contributed by atoms with Gasteiger partial charge in [0.15, 0.2) is 5.92 Å². The zero-order valence-electron chi connectivity index (χ0n) is 18.1. The van der Waals surface area contributed by atoms with E-state index in [0.717, 1.165) is 21.3 Å². The van der Waals surface area contributed by atoms with Gasteiger partial charge in [0, 0.05) is 12.3 Å². The molecular weight excluding hydrogens is 408 g/mol. The molecule has 2 saturated heterocycles. The molecule has 2 aliphatic heterocycles. The van der Waals surface area contributed by atoms with E-state index >= 15 is 0 Å². The number of hydrogen-bond donors (Lipinski definition) is 0. The first-order valence-electron chi connectivity index (χ1n) is 9.91. The van der Waals surface area contributed by atoms with Crippen LogP contribution in [0.3, 0.4) is 0 Å². The molecule has 0 N–H and O–H groups in total. The molecule has 2 heterocycles. The van der Waals surface area contributed by atoms with Gasteiger partial charge >= 0.3 is 23.9 Å². The highest BCUT2D eigenvalue weighted by molar-refractivity contribution is 6.07. The molecule has 0 radical (unpaired) electrons. The Morgan fingerprint density at radius 3 is 2.06 bits per heavy atom. The summed E-state index contributed by atoms with van der Waals surface area (Å²) in [6, 6.07) is 8.53. The number of carbonyl (C=O) groups excluding carboxylic acids is 4. The zero-order valence-corrected chi connectivity index (χ0v) is 18.1. The summed E-state index contributed by atoms with van der Waals surface area (Å²) in [5.41, 5.74) is -1.79. The Bertz CT molecular complexity index is 862. The molecule has 9 heteroatoms. The first-order valence-corrected chi connectivity index (χ1v) is 9.91. The van der Waals surface area contributed by atoms with Crippen molar-refractivity contribution >= 4 is 23.9 Å². The van der Waals surface area contributed by atoms with Crippen LogP contribution in [-0.4, -0.2) is 56.6 Å². The maximum atomic E-state index is 13.1. The van der Waals surface area contributed by atoms with Gasteiger partial charge in [-0.3, -0.25) is 9.59 Å². The van der Waals surface area contributed by atoms with Crippen LogP contribution in [-0.2, 0) is 42.9 Å². The van der Waals surface area contributed by atoms with E-state index in [4.69, 9.17) is 23.7 Å². The third-order valence-corrected chi connectivity index (χ3v) is 5.81. The van der Waals surface area contributed by atoms with E-state index in [1.165, 1.54) is 0 Å². The first-order chi connectivity index (χ1) is 14.7. The Kier molecular flexibility index (Phi) is 6.09. The minimum atomic E-state index is -2.28. The van der Waals surface area contributed by atoms with Crippen LogP contribution in [0.2, 0.25) is 0 Å². The fourth-order valence-corrected chi connectivity index (χ4v) is 4.81. The Morgan fingerprint density at radius 1 is 1.00 bits per heavy atom. The molecule has 0 aromatic heterocycles. The summed E-state index contributed by atoms with van der Waals surface area (Å²) in [5, 5.41) is 0. The molecule has 3 rings (SSSR count). The van der Waals surface area contributed by atoms with Gasteiger partial charge in [0.2, 0.25) is 5.79 Å². The quantitative estimate of drug-likeness (QED) is 0.374. The van der Waals surface area contributed by atoms with E-state index in [-0.39, 0.29) is 12.3 Å². The molecular formula is C22H26O9. The Balaban J connectivity index is 2.34. The number of benzene rings is 1. The summed E-state index contributed by atoms with van der Waals surface area (Å²) in [5.74, 6) is -9.03. The van der Waals surface area contributed by atoms with E-state index in [9.17, 15) is 19.2 Å². The Morgan fingerprint density at radius 2 is 1.58 bits per heavy atom. The van der Waals surface area contributed by atoms with Crippen molar-refractivity contribution in [2.75, 3.05) is 21.3 Å². The largest absolute Gasteiger partial charge is 0.468 e. The maximum absolute atomic E-state index is 13.1. The third-order valence-electron chi connectivity index (χ3n) is 5.81. The minimum Gasteiger partial charge on any atom is -0.468 e. The van der Waals surface area contributed by atoms with Crippen LogP contribution in [0.25, 0.3) is 0 Å². The molecule has 4 atom stereocenters. The summed E-state index contributed by atoms with van der Waals surface area (Å²) in [7, 11) is 3.39. The summed E-state index contributed by atoms with van der Waals surface area (Å²) in [6.07, 6.45) is 0.135. The second-order valence-corrected chi connectivity index (χ2v) is 8.07. The standard InChI is InChI=1S/C22H26O9/c1-12(2)11-21-16(14(17(23)27-3)18(24)30-21)15(13-9-7-6-8-10-13)22(31-21,19(25)28-4)20(26)29-5/h6-10,12,14-16H,11H2,1-5H3/t14?,15?,16-,21+/m1/s1. The molecule has 0 saturated carbocycles. The third kappa shape index (κ3) is 3.37. The molecule has 0 aliphatic carbocycles. The van der Waals surface area contributed by atoms with E-state index in [0.29, 0.717) is 5.56 Å². The molecule has 2 unspecified atom stereocenters. The fraction of sp³-hybridized carbons (Fsp3) is 0.545. The van der Waals surface area contributed by atoms with Crippen LogP contribution in [0.5, 0.6) is 0 Å². The van der Waals surface area contributed by atoms with Crippen molar-refractivity contribution < 1.29 is 42.9 Å². The summed E-state index contributed by atoms with van der Waals surface area (Å²) in [4.78, 5) is 51.7. The van der Waals surface area contributed by atoms with Crippen LogP contribution in [0.1, 0.15) is 31.7 Å². The first kappa shape index (κ1) is 22.7. The van der Waals surface area contributed by atoms with Crippen molar-refractivity contribution in [3.63, 3.8) is 0 Å².